The minimum atomic E-state index is -0.500. The summed E-state index contributed by atoms with van der Waals surface area (Å²) in [4.78, 5) is 28.7. The van der Waals surface area contributed by atoms with Crippen molar-refractivity contribution in [2.75, 3.05) is 5.75 Å². The summed E-state index contributed by atoms with van der Waals surface area (Å²) in [6.45, 7) is 1.71. The largest absolute Gasteiger partial charge is 0.459 e. The number of halogens is 1. The molecule has 2 aromatic heterocycles. The van der Waals surface area contributed by atoms with E-state index in [1.54, 1.807) is 30.3 Å². The Bertz CT molecular complexity index is 987. The first-order valence-corrected chi connectivity index (χ1v) is 8.54. The SMILES string of the molecule is Cc1cccc2nc(COC(=O)CSc3ccccc3F)cc(=O)n12. The van der Waals surface area contributed by atoms with Crippen LogP contribution in [0.15, 0.2) is 58.2 Å². The van der Waals surface area contributed by atoms with E-state index in [2.05, 4.69) is 4.98 Å². The van der Waals surface area contributed by atoms with Crippen molar-refractivity contribution in [3.8, 4) is 0 Å². The Labute approximate surface area is 147 Å². The van der Waals surface area contributed by atoms with Gasteiger partial charge in [0.05, 0.1) is 11.4 Å². The van der Waals surface area contributed by atoms with E-state index in [0.717, 1.165) is 17.5 Å². The molecule has 1 aromatic carbocycles. The highest BCUT2D eigenvalue weighted by atomic mass is 32.2. The van der Waals surface area contributed by atoms with Crippen molar-refractivity contribution in [1.29, 1.82) is 0 Å². The van der Waals surface area contributed by atoms with Gasteiger partial charge in [-0.1, -0.05) is 18.2 Å². The Balaban J connectivity index is 1.63. The van der Waals surface area contributed by atoms with Crippen LogP contribution in [0.4, 0.5) is 4.39 Å². The summed E-state index contributed by atoms with van der Waals surface area (Å²) in [5.74, 6) is -0.897. The maximum atomic E-state index is 13.5. The van der Waals surface area contributed by atoms with Crippen molar-refractivity contribution in [2.45, 2.75) is 18.4 Å². The number of carbonyl (C=O) groups excluding carboxylic acids is 1. The summed E-state index contributed by atoms with van der Waals surface area (Å²) in [6.07, 6.45) is 0. The molecule has 0 aliphatic heterocycles. The maximum absolute atomic E-state index is 13.5. The van der Waals surface area contributed by atoms with Crippen LogP contribution >= 0.6 is 11.8 Å². The lowest BCUT2D eigenvalue weighted by Gasteiger charge is -2.07. The Morgan fingerprint density at radius 1 is 1.24 bits per heavy atom. The number of hydrogen-bond acceptors (Lipinski definition) is 5. The zero-order valence-corrected chi connectivity index (χ0v) is 14.3. The number of rotatable bonds is 5. The summed E-state index contributed by atoms with van der Waals surface area (Å²) >= 11 is 1.06. The van der Waals surface area contributed by atoms with Gasteiger partial charge >= 0.3 is 5.97 Å². The Kier molecular flexibility index (Phi) is 5.14. The zero-order valence-electron chi connectivity index (χ0n) is 13.4. The second kappa shape index (κ2) is 7.48. The molecule has 0 atom stereocenters. The van der Waals surface area contributed by atoms with Gasteiger partial charge in [-0.25, -0.2) is 9.37 Å². The van der Waals surface area contributed by atoms with Crippen LogP contribution in [0.2, 0.25) is 0 Å². The van der Waals surface area contributed by atoms with Crippen molar-refractivity contribution < 1.29 is 13.9 Å². The molecule has 0 N–H and O–H groups in total. The van der Waals surface area contributed by atoms with Crippen molar-refractivity contribution >= 4 is 23.4 Å². The fourth-order valence-corrected chi connectivity index (χ4v) is 3.07. The Morgan fingerprint density at radius 3 is 2.84 bits per heavy atom. The van der Waals surface area contributed by atoms with Gasteiger partial charge in [0, 0.05) is 16.7 Å². The van der Waals surface area contributed by atoms with Gasteiger partial charge in [-0.15, -0.1) is 11.8 Å². The van der Waals surface area contributed by atoms with Crippen LogP contribution in [-0.4, -0.2) is 21.1 Å². The highest BCUT2D eigenvalue weighted by molar-refractivity contribution is 8.00. The Morgan fingerprint density at radius 2 is 2.04 bits per heavy atom. The van der Waals surface area contributed by atoms with E-state index in [1.807, 2.05) is 13.0 Å². The average molecular weight is 358 g/mol. The number of ether oxygens (including phenoxy) is 1. The molecule has 0 spiro atoms. The average Bonchev–Trinajstić information content (AvgIpc) is 2.59. The first-order valence-electron chi connectivity index (χ1n) is 7.56. The van der Waals surface area contributed by atoms with Crippen molar-refractivity contribution in [3.63, 3.8) is 0 Å². The number of hydrogen-bond donors (Lipinski definition) is 0. The number of nitrogens with zero attached hydrogens (tertiary/aromatic N) is 2. The third-order valence-corrected chi connectivity index (χ3v) is 4.52. The van der Waals surface area contributed by atoms with Crippen LogP contribution in [0.5, 0.6) is 0 Å². The number of esters is 1. The smallest absolute Gasteiger partial charge is 0.316 e. The van der Waals surface area contributed by atoms with Gasteiger partial charge in [0.2, 0.25) is 0 Å². The van der Waals surface area contributed by atoms with E-state index in [4.69, 9.17) is 4.74 Å². The van der Waals surface area contributed by atoms with Crippen LogP contribution in [0.25, 0.3) is 5.65 Å². The van der Waals surface area contributed by atoms with Gasteiger partial charge in [0.25, 0.3) is 5.56 Å². The Hall–Kier alpha value is -2.67. The highest BCUT2D eigenvalue weighted by Gasteiger charge is 2.10. The molecule has 3 rings (SSSR count). The van der Waals surface area contributed by atoms with Gasteiger partial charge in [-0.05, 0) is 31.2 Å². The van der Waals surface area contributed by atoms with Gasteiger partial charge in [-0.3, -0.25) is 14.0 Å². The molecule has 7 heteroatoms. The summed E-state index contributed by atoms with van der Waals surface area (Å²) in [7, 11) is 0. The molecule has 5 nitrogen and oxygen atoms in total. The van der Waals surface area contributed by atoms with E-state index in [9.17, 15) is 14.0 Å². The monoisotopic (exact) mass is 358 g/mol. The summed E-state index contributed by atoms with van der Waals surface area (Å²) < 4.78 is 20.1. The predicted octanol–water partition coefficient (Wildman–Crippen LogP) is 2.98. The molecule has 0 unspecified atom stereocenters. The van der Waals surface area contributed by atoms with Gasteiger partial charge in [-0.2, -0.15) is 0 Å². The number of aryl methyl sites for hydroxylation is 1. The molecule has 0 aliphatic rings. The number of fused-ring (bicyclic) bond motifs is 1. The highest BCUT2D eigenvalue weighted by Crippen LogP contribution is 2.21. The second-order valence-electron chi connectivity index (χ2n) is 5.33. The molecular weight excluding hydrogens is 343 g/mol. The number of carbonyl (C=O) groups is 1. The van der Waals surface area contributed by atoms with Crippen molar-refractivity contribution in [3.05, 3.63) is 76.1 Å². The lowest BCUT2D eigenvalue weighted by molar-refractivity contribution is -0.141. The van der Waals surface area contributed by atoms with E-state index in [1.165, 1.54) is 16.5 Å². The molecule has 0 bridgehead atoms. The number of thioether (sulfide) groups is 1. The lowest BCUT2D eigenvalue weighted by atomic mass is 10.3. The van der Waals surface area contributed by atoms with Crippen molar-refractivity contribution in [2.24, 2.45) is 0 Å². The predicted molar refractivity (Wildman–Crippen MR) is 93.1 cm³/mol. The van der Waals surface area contributed by atoms with E-state index < -0.39 is 5.97 Å². The van der Waals surface area contributed by atoms with Gasteiger partial charge in [0.15, 0.2) is 0 Å². The second-order valence-corrected chi connectivity index (χ2v) is 6.34. The standard InChI is InChI=1S/C18H15FN2O3S/c1-12-5-4-8-16-20-13(9-17(22)21(12)16)10-24-18(23)11-25-15-7-3-2-6-14(15)19/h2-9H,10-11H2,1H3. The van der Waals surface area contributed by atoms with Gasteiger partial charge in [0.1, 0.15) is 18.1 Å². The van der Waals surface area contributed by atoms with E-state index >= 15 is 0 Å². The van der Waals surface area contributed by atoms with Crippen LogP contribution in [0, 0.1) is 12.7 Å². The number of aromatic nitrogens is 2. The number of pyridine rings is 1. The van der Waals surface area contributed by atoms with Crippen LogP contribution in [0.1, 0.15) is 11.4 Å². The molecule has 0 saturated heterocycles. The molecule has 0 amide bonds. The molecule has 0 fully saturated rings. The topological polar surface area (TPSA) is 60.7 Å². The first-order chi connectivity index (χ1) is 12.0. The summed E-state index contributed by atoms with van der Waals surface area (Å²) in [5, 5.41) is 0. The summed E-state index contributed by atoms with van der Waals surface area (Å²) in [6, 6.07) is 12.9. The minimum absolute atomic E-state index is 0.0212. The lowest BCUT2D eigenvalue weighted by Crippen LogP contribution is -2.18. The third kappa shape index (κ3) is 4.06. The molecular formula is C18H15FN2O3S. The molecule has 0 radical (unpaired) electrons. The fourth-order valence-electron chi connectivity index (χ4n) is 2.33. The fraction of sp³-hybridized carbons (Fsp3) is 0.167. The molecule has 2 heterocycles. The zero-order chi connectivity index (χ0) is 17.8. The number of benzene rings is 1. The van der Waals surface area contributed by atoms with Crippen LogP contribution < -0.4 is 5.56 Å². The first kappa shape index (κ1) is 17.2. The quantitative estimate of drug-likeness (QED) is 0.518. The molecule has 25 heavy (non-hydrogen) atoms. The summed E-state index contributed by atoms with van der Waals surface area (Å²) in [5.41, 5.74) is 1.42. The van der Waals surface area contributed by atoms with E-state index in [-0.39, 0.29) is 23.7 Å². The van der Waals surface area contributed by atoms with Gasteiger partial charge < -0.3 is 4.74 Å². The third-order valence-electron chi connectivity index (χ3n) is 3.50. The normalized spacial score (nSPS) is 10.8. The van der Waals surface area contributed by atoms with E-state index in [0.29, 0.717) is 16.2 Å². The van der Waals surface area contributed by atoms with Crippen LogP contribution in [-0.2, 0) is 16.1 Å². The molecule has 128 valence electrons. The minimum Gasteiger partial charge on any atom is -0.459 e. The molecule has 3 aromatic rings. The molecule has 0 saturated carbocycles. The molecule has 0 aliphatic carbocycles. The van der Waals surface area contributed by atoms with Crippen molar-refractivity contribution in [1.82, 2.24) is 9.38 Å². The maximum Gasteiger partial charge on any atom is 0.316 e. The van der Waals surface area contributed by atoms with Crippen LogP contribution in [0.3, 0.4) is 0 Å².